The summed E-state index contributed by atoms with van der Waals surface area (Å²) in [6.07, 6.45) is 1.58. The number of hydrogen-bond acceptors (Lipinski definition) is 4. The van der Waals surface area contributed by atoms with Crippen molar-refractivity contribution in [3.63, 3.8) is 0 Å². The summed E-state index contributed by atoms with van der Waals surface area (Å²) in [4.78, 5) is 3.99. The Hall–Kier alpha value is -2.23. The molecule has 0 aromatic carbocycles. The van der Waals surface area contributed by atoms with Gasteiger partial charge < -0.3 is 16.4 Å². The van der Waals surface area contributed by atoms with Crippen LogP contribution in [0.3, 0.4) is 0 Å². The molecule has 1 rings (SSSR count). The van der Waals surface area contributed by atoms with Crippen LogP contribution >= 0.6 is 0 Å². The topological polar surface area (TPSA) is 115 Å². The van der Waals surface area contributed by atoms with E-state index in [2.05, 4.69) is 25.8 Å². The number of nitrogens with one attached hydrogen (secondary N) is 3. The smallest absolute Gasteiger partial charge is 0.190 e. The van der Waals surface area contributed by atoms with Crippen molar-refractivity contribution in [1.29, 1.82) is 5.26 Å². The first-order valence-electron chi connectivity index (χ1n) is 5.34. The van der Waals surface area contributed by atoms with Crippen LogP contribution in [0.1, 0.15) is 17.7 Å². The highest BCUT2D eigenvalue weighted by Crippen LogP contribution is 2.12. The van der Waals surface area contributed by atoms with Crippen LogP contribution < -0.4 is 16.4 Å². The molecule has 0 unspecified atom stereocenters. The van der Waals surface area contributed by atoms with Crippen molar-refractivity contribution >= 4 is 11.8 Å². The van der Waals surface area contributed by atoms with Crippen molar-refractivity contribution in [2.45, 2.75) is 12.8 Å². The minimum atomic E-state index is 0.265. The van der Waals surface area contributed by atoms with Crippen molar-refractivity contribution in [3.8, 4) is 6.07 Å². The first kappa shape index (κ1) is 12.8. The third-order valence-electron chi connectivity index (χ3n) is 2.34. The van der Waals surface area contributed by atoms with Gasteiger partial charge in [0.25, 0.3) is 0 Å². The summed E-state index contributed by atoms with van der Waals surface area (Å²) in [7, 11) is 3.51. The highest BCUT2D eigenvalue weighted by molar-refractivity contribution is 5.79. The Bertz CT molecular complexity index is 426. The quantitative estimate of drug-likeness (QED) is 0.322. The van der Waals surface area contributed by atoms with Gasteiger partial charge >= 0.3 is 0 Å². The summed E-state index contributed by atoms with van der Waals surface area (Å²) in [6, 6.07) is 2.04. The summed E-state index contributed by atoms with van der Waals surface area (Å²) >= 11 is 0. The molecule has 0 fully saturated rings. The number of guanidine groups is 1. The summed E-state index contributed by atoms with van der Waals surface area (Å²) < 4.78 is 0. The molecule has 0 atom stereocenters. The van der Waals surface area contributed by atoms with E-state index in [4.69, 9.17) is 11.0 Å². The lowest BCUT2D eigenvalue weighted by atomic mass is 10.1. The number of rotatable bonds is 4. The minimum Gasteiger partial charge on any atom is -0.381 e. The number of nitrogens with zero attached hydrogens (tertiary/aromatic N) is 3. The first-order chi connectivity index (χ1) is 8.22. The maximum absolute atomic E-state index is 8.87. The van der Waals surface area contributed by atoms with Crippen molar-refractivity contribution in [2.24, 2.45) is 4.99 Å². The normalized spacial score (nSPS) is 11.0. The van der Waals surface area contributed by atoms with Gasteiger partial charge in [0.1, 0.15) is 11.6 Å². The number of aliphatic imine (C=N–C) groups is 1. The van der Waals surface area contributed by atoms with Crippen molar-refractivity contribution in [2.75, 3.05) is 26.4 Å². The zero-order valence-electron chi connectivity index (χ0n) is 10.0. The van der Waals surface area contributed by atoms with Gasteiger partial charge in [0, 0.05) is 20.6 Å². The molecule has 5 N–H and O–H groups in total. The zero-order valence-corrected chi connectivity index (χ0v) is 10.0. The molecule has 0 amide bonds. The van der Waals surface area contributed by atoms with Crippen LogP contribution in [0.5, 0.6) is 0 Å². The lowest BCUT2D eigenvalue weighted by Crippen LogP contribution is -2.35. The molecule has 0 spiro atoms. The second-order valence-electron chi connectivity index (χ2n) is 3.43. The molecule has 1 aromatic heterocycles. The molecule has 0 aliphatic rings. The molecule has 1 heterocycles. The van der Waals surface area contributed by atoms with Gasteiger partial charge in [0.05, 0.1) is 5.69 Å². The number of nitrogen functional groups attached to an aromatic ring is 1. The van der Waals surface area contributed by atoms with Crippen LogP contribution in [0.25, 0.3) is 0 Å². The third-order valence-corrected chi connectivity index (χ3v) is 2.34. The molecule has 7 nitrogen and oxygen atoms in total. The van der Waals surface area contributed by atoms with Gasteiger partial charge in [-0.2, -0.15) is 10.4 Å². The SMILES string of the molecule is CN=C(NC)NCCCc1[nH]nc(N)c1C#N. The minimum absolute atomic E-state index is 0.265. The Balaban J connectivity index is 2.39. The summed E-state index contributed by atoms with van der Waals surface area (Å²) in [5.41, 5.74) is 6.77. The fourth-order valence-corrected chi connectivity index (χ4v) is 1.45. The predicted octanol–water partition coefficient (Wildman–Crippen LogP) is -0.409. The Kier molecular flexibility index (Phi) is 4.81. The highest BCUT2D eigenvalue weighted by Gasteiger charge is 2.09. The molecule has 17 heavy (non-hydrogen) atoms. The molecule has 0 saturated carbocycles. The third kappa shape index (κ3) is 3.38. The van der Waals surface area contributed by atoms with E-state index in [0.29, 0.717) is 5.56 Å². The fraction of sp³-hybridized carbons (Fsp3) is 0.500. The van der Waals surface area contributed by atoms with Crippen LogP contribution in [-0.4, -0.2) is 36.8 Å². The van der Waals surface area contributed by atoms with E-state index in [0.717, 1.165) is 31.0 Å². The van der Waals surface area contributed by atoms with Crippen LogP contribution in [0, 0.1) is 11.3 Å². The van der Waals surface area contributed by atoms with Crippen molar-refractivity contribution in [1.82, 2.24) is 20.8 Å². The number of aromatic nitrogens is 2. The molecule has 0 saturated heterocycles. The highest BCUT2D eigenvalue weighted by atomic mass is 15.2. The fourth-order valence-electron chi connectivity index (χ4n) is 1.45. The lowest BCUT2D eigenvalue weighted by Gasteiger charge is -2.07. The summed E-state index contributed by atoms with van der Waals surface area (Å²) in [6.45, 7) is 0.761. The van der Waals surface area contributed by atoms with Crippen LogP contribution in [0.2, 0.25) is 0 Å². The van der Waals surface area contributed by atoms with Crippen LogP contribution in [0.4, 0.5) is 5.82 Å². The monoisotopic (exact) mass is 235 g/mol. The number of aryl methyl sites for hydroxylation is 1. The number of H-pyrrole nitrogens is 1. The maximum Gasteiger partial charge on any atom is 0.190 e. The molecule has 0 radical (unpaired) electrons. The molecule has 0 aliphatic heterocycles. The van der Waals surface area contributed by atoms with E-state index in [1.54, 1.807) is 14.1 Å². The van der Waals surface area contributed by atoms with Gasteiger partial charge in [-0.1, -0.05) is 0 Å². The van der Waals surface area contributed by atoms with E-state index < -0.39 is 0 Å². The average Bonchev–Trinajstić information content (AvgIpc) is 2.70. The van der Waals surface area contributed by atoms with Crippen molar-refractivity contribution < 1.29 is 0 Å². The van der Waals surface area contributed by atoms with Crippen LogP contribution in [0.15, 0.2) is 4.99 Å². The number of nitriles is 1. The van der Waals surface area contributed by atoms with E-state index >= 15 is 0 Å². The van der Waals surface area contributed by atoms with E-state index in [-0.39, 0.29) is 5.82 Å². The molecule has 0 bridgehead atoms. The molecule has 7 heteroatoms. The standard InChI is InChI=1S/C10H17N7/c1-13-10(14-2)15-5-3-4-8-7(6-11)9(12)17-16-8/h3-5H2,1-2H3,(H3,12,16,17)(H2,13,14,15). The number of aromatic amines is 1. The molecule has 0 aliphatic carbocycles. The average molecular weight is 235 g/mol. The number of nitrogens with two attached hydrogens (primary N) is 1. The van der Waals surface area contributed by atoms with Crippen LogP contribution in [-0.2, 0) is 6.42 Å². The van der Waals surface area contributed by atoms with Gasteiger partial charge in [-0.05, 0) is 12.8 Å². The first-order valence-corrected chi connectivity index (χ1v) is 5.34. The Morgan fingerprint density at radius 3 is 3.00 bits per heavy atom. The molecule has 1 aromatic rings. The molecular weight excluding hydrogens is 218 g/mol. The van der Waals surface area contributed by atoms with E-state index in [1.165, 1.54) is 0 Å². The van der Waals surface area contributed by atoms with E-state index in [9.17, 15) is 0 Å². The zero-order chi connectivity index (χ0) is 12.7. The number of hydrogen-bond donors (Lipinski definition) is 4. The Morgan fingerprint density at radius 2 is 2.41 bits per heavy atom. The summed E-state index contributed by atoms with van der Waals surface area (Å²) in [5, 5.41) is 21.5. The summed E-state index contributed by atoms with van der Waals surface area (Å²) in [5.74, 6) is 1.01. The number of anilines is 1. The second-order valence-corrected chi connectivity index (χ2v) is 3.43. The Labute approximate surface area is 100 Å². The van der Waals surface area contributed by atoms with Crippen molar-refractivity contribution in [3.05, 3.63) is 11.3 Å². The molecule has 92 valence electrons. The lowest BCUT2D eigenvalue weighted by molar-refractivity contribution is 0.742. The van der Waals surface area contributed by atoms with Gasteiger partial charge in [-0.3, -0.25) is 10.1 Å². The van der Waals surface area contributed by atoms with Gasteiger partial charge in [-0.25, -0.2) is 0 Å². The maximum atomic E-state index is 8.87. The van der Waals surface area contributed by atoms with E-state index in [1.807, 2.05) is 6.07 Å². The second kappa shape index (κ2) is 6.37. The Morgan fingerprint density at radius 1 is 1.65 bits per heavy atom. The van der Waals surface area contributed by atoms with Gasteiger partial charge in [0.2, 0.25) is 0 Å². The van der Waals surface area contributed by atoms with Gasteiger partial charge in [0.15, 0.2) is 11.8 Å². The predicted molar refractivity (Wildman–Crippen MR) is 66.5 cm³/mol. The molecular formula is C10H17N7. The largest absolute Gasteiger partial charge is 0.381 e. The van der Waals surface area contributed by atoms with Gasteiger partial charge in [-0.15, -0.1) is 0 Å².